The lowest BCUT2D eigenvalue weighted by Gasteiger charge is -2.35. The first-order chi connectivity index (χ1) is 25.7. The van der Waals surface area contributed by atoms with Gasteiger partial charge < -0.3 is 25.7 Å². The second-order valence-electron chi connectivity index (χ2n) is 15.2. The summed E-state index contributed by atoms with van der Waals surface area (Å²) in [7, 11) is 0. The Morgan fingerprint density at radius 1 is 0.963 bits per heavy atom. The molecule has 2 aromatic heterocycles. The number of β-amino-alcohol motifs (C(OH)–C–C–N with tert-alkyl or cyclic N) is 1. The van der Waals surface area contributed by atoms with Crippen molar-refractivity contribution in [2.24, 2.45) is 5.41 Å². The molecule has 13 heteroatoms. The first-order valence-electron chi connectivity index (χ1n) is 18.6. The highest BCUT2D eigenvalue weighted by atomic mass is 35.5. The van der Waals surface area contributed by atoms with Gasteiger partial charge in [0.2, 0.25) is 17.7 Å². The van der Waals surface area contributed by atoms with Crippen molar-refractivity contribution < 1.29 is 24.6 Å². The fourth-order valence-electron chi connectivity index (χ4n) is 6.67. The SMILES string of the molecule is Cc1ncsc1-c1ccc([C@H](C)NC(=O)[C@@H]2C[C@@H](O)CN2C(=O)[C@@H](NC(=O)CCCCCCCc2cnc(-c3ccc(O)c(Cl)c3)nc2)C(C)(C)C)cc1. The summed E-state index contributed by atoms with van der Waals surface area (Å²) in [6, 6.07) is 10.8. The van der Waals surface area contributed by atoms with Gasteiger partial charge in [-0.05, 0) is 73.4 Å². The number of aliphatic hydroxyl groups excluding tert-OH is 1. The average Bonchev–Trinajstić information content (AvgIpc) is 3.76. The lowest BCUT2D eigenvalue weighted by molar-refractivity contribution is -0.144. The van der Waals surface area contributed by atoms with Crippen LogP contribution in [-0.2, 0) is 20.8 Å². The van der Waals surface area contributed by atoms with Gasteiger partial charge in [0.1, 0.15) is 17.8 Å². The summed E-state index contributed by atoms with van der Waals surface area (Å²) in [6.45, 7) is 9.56. The number of halogens is 1. The summed E-state index contributed by atoms with van der Waals surface area (Å²) >= 11 is 7.59. The van der Waals surface area contributed by atoms with E-state index in [2.05, 4.69) is 25.6 Å². The molecular weight excluding hydrogens is 724 g/mol. The van der Waals surface area contributed by atoms with Crippen molar-refractivity contribution in [1.82, 2.24) is 30.5 Å². The van der Waals surface area contributed by atoms with Crippen LogP contribution in [0.4, 0.5) is 0 Å². The number of nitrogens with one attached hydrogen (secondary N) is 2. The number of amides is 3. The van der Waals surface area contributed by atoms with Crippen LogP contribution in [0.1, 0.15) is 95.5 Å². The molecule has 0 unspecified atom stereocenters. The summed E-state index contributed by atoms with van der Waals surface area (Å²) in [6.07, 6.45) is 8.56. The van der Waals surface area contributed by atoms with Gasteiger partial charge in [0.15, 0.2) is 5.82 Å². The number of hydrogen-bond donors (Lipinski definition) is 4. The molecular formula is C41H51ClN6O5S. The number of phenols is 1. The number of nitrogens with zero attached hydrogens (tertiary/aromatic N) is 4. The number of hydrogen-bond acceptors (Lipinski definition) is 9. The van der Waals surface area contributed by atoms with Crippen LogP contribution in [0, 0.1) is 12.3 Å². The Morgan fingerprint density at radius 3 is 2.28 bits per heavy atom. The van der Waals surface area contributed by atoms with Gasteiger partial charge in [-0.2, -0.15) is 0 Å². The molecule has 0 aliphatic carbocycles. The van der Waals surface area contributed by atoms with E-state index < -0.39 is 23.6 Å². The third-order valence-corrected chi connectivity index (χ3v) is 11.1. The Balaban J connectivity index is 1.06. The molecule has 1 aliphatic rings. The quantitative estimate of drug-likeness (QED) is 0.0925. The van der Waals surface area contributed by atoms with Crippen LogP contribution in [0.15, 0.2) is 60.4 Å². The van der Waals surface area contributed by atoms with Crippen molar-refractivity contribution in [3.63, 3.8) is 0 Å². The zero-order valence-electron chi connectivity index (χ0n) is 31.6. The second kappa shape index (κ2) is 18.3. The predicted molar refractivity (Wildman–Crippen MR) is 212 cm³/mol. The minimum atomic E-state index is -0.856. The Bertz CT molecular complexity index is 1900. The van der Waals surface area contributed by atoms with Gasteiger partial charge in [0.05, 0.1) is 33.3 Å². The molecule has 1 fully saturated rings. The molecule has 4 atom stereocenters. The zero-order chi connectivity index (χ0) is 39.0. The lowest BCUT2D eigenvalue weighted by Crippen LogP contribution is -2.57. The number of carbonyl (C=O) groups is 3. The highest BCUT2D eigenvalue weighted by Crippen LogP contribution is 2.30. The van der Waals surface area contributed by atoms with Gasteiger partial charge in [-0.3, -0.25) is 14.4 Å². The molecule has 288 valence electrons. The van der Waals surface area contributed by atoms with Crippen LogP contribution in [-0.4, -0.2) is 72.5 Å². The summed E-state index contributed by atoms with van der Waals surface area (Å²) in [4.78, 5) is 56.4. The van der Waals surface area contributed by atoms with E-state index in [0.29, 0.717) is 18.7 Å². The Labute approximate surface area is 326 Å². The highest BCUT2D eigenvalue weighted by molar-refractivity contribution is 7.13. The van der Waals surface area contributed by atoms with Gasteiger partial charge >= 0.3 is 0 Å². The lowest BCUT2D eigenvalue weighted by atomic mass is 9.85. The van der Waals surface area contributed by atoms with E-state index in [0.717, 1.165) is 64.9 Å². The predicted octanol–water partition coefficient (Wildman–Crippen LogP) is 7.19. The number of aliphatic hydroxyl groups is 1. The van der Waals surface area contributed by atoms with Crippen LogP contribution < -0.4 is 10.6 Å². The molecule has 4 N–H and O–H groups in total. The maximum atomic E-state index is 14.0. The average molecular weight is 775 g/mol. The van der Waals surface area contributed by atoms with Gasteiger partial charge in [0.25, 0.3) is 0 Å². The maximum absolute atomic E-state index is 14.0. The van der Waals surface area contributed by atoms with E-state index >= 15 is 0 Å². The number of likely N-dealkylation sites (tertiary alicyclic amines) is 1. The highest BCUT2D eigenvalue weighted by Gasteiger charge is 2.44. The number of aryl methyl sites for hydroxylation is 2. The van der Waals surface area contributed by atoms with Gasteiger partial charge in [-0.15, -0.1) is 11.3 Å². The van der Waals surface area contributed by atoms with E-state index in [4.69, 9.17) is 11.6 Å². The number of carbonyl (C=O) groups excluding carboxylic acids is 3. The summed E-state index contributed by atoms with van der Waals surface area (Å²) in [5.41, 5.74) is 5.93. The number of thiazole rings is 1. The van der Waals surface area contributed by atoms with Crippen LogP contribution in [0.25, 0.3) is 21.8 Å². The van der Waals surface area contributed by atoms with Crippen molar-refractivity contribution >= 4 is 40.7 Å². The standard InChI is InChI=1S/C41H51ClN6O5S/c1-25(28-13-15-29(16-14-28)36-26(2)45-24-54-36)46-39(52)33-20-31(49)23-48(33)40(53)37(41(3,4)5)47-35(51)12-10-8-6-7-9-11-27-21-43-38(44-22-27)30-17-18-34(50)32(42)19-30/h13-19,21-22,24-25,31,33,37,49-50H,6-12,20,23H2,1-5H3,(H,46,52)(H,47,51)/t25-,31+,33-,37+/m0/s1. The molecule has 0 saturated carbocycles. The van der Waals surface area contributed by atoms with Crippen molar-refractivity contribution in [2.45, 2.75) is 110 Å². The molecule has 3 amide bonds. The molecule has 3 heterocycles. The van der Waals surface area contributed by atoms with Crippen LogP contribution in [0.3, 0.4) is 0 Å². The molecule has 0 radical (unpaired) electrons. The number of unbranched alkanes of at least 4 members (excludes halogenated alkanes) is 4. The van der Waals surface area contributed by atoms with Crippen molar-refractivity contribution in [1.29, 1.82) is 0 Å². The van der Waals surface area contributed by atoms with E-state index in [1.165, 1.54) is 11.0 Å². The van der Waals surface area contributed by atoms with Crippen molar-refractivity contribution in [2.75, 3.05) is 6.54 Å². The summed E-state index contributed by atoms with van der Waals surface area (Å²) < 4.78 is 0. The Hall–Kier alpha value is -4.39. The van der Waals surface area contributed by atoms with Gasteiger partial charge in [-0.1, -0.05) is 75.9 Å². The first kappa shape index (κ1) is 40.8. The Kier molecular flexibility index (Phi) is 13.8. The van der Waals surface area contributed by atoms with E-state index in [9.17, 15) is 24.6 Å². The van der Waals surface area contributed by atoms with Crippen molar-refractivity contribution in [3.05, 3.63) is 82.2 Å². The largest absolute Gasteiger partial charge is 0.506 e. The Morgan fingerprint density at radius 2 is 1.63 bits per heavy atom. The van der Waals surface area contributed by atoms with Crippen LogP contribution in [0.2, 0.25) is 5.02 Å². The van der Waals surface area contributed by atoms with Crippen LogP contribution in [0.5, 0.6) is 5.75 Å². The monoisotopic (exact) mass is 774 g/mol. The third-order valence-electron chi connectivity index (χ3n) is 9.84. The third kappa shape index (κ3) is 10.6. The smallest absolute Gasteiger partial charge is 0.246 e. The molecule has 5 rings (SSSR count). The minimum Gasteiger partial charge on any atom is -0.506 e. The summed E-state index contributed by atoms with van der Waals surface area (Å²) in [5.74, 6) is -0.347. The number of aromatic hydroxyl groups is 1. The van der Waals surface area contributed by atoms with Gasteiger partial charge in [0, 0.05) is 37.3 Å². The van der Waals surface area contributed by atoms with Crippen LogP contribution >= 0.6 is 22.9 Å². The topological polar surface area (TPSA) is 158 Å². The molecule has 0 bridgehead atoms. The number of rotatable bonds is 15. The normalized spacial score (nSPS) is 16.9. The molecule has 1 saturated heterocycles. The fraction of sp³-hybridized carbons (Fsp3) is 0.463. The van der Waals surface area contributed by atoms with Crippen molar-refractivity contribution in [3.8, 4) is 27.6 Å². The first-order valence-corrected chi connectivity index (χ1v) is 19.9. The molecule has 1 aliphatic heterocycles. The van der Waals surface area contributed by atoms with E-state index in [1.54, 1.807) is 23.5 Å². The molecule has 2 aromatic carbocycles. The number of phenolic OH excluding ortho intramolecular Hbond substituents is 1. The van der Waals surface area contributed by atoms with E-state index in [1.807, 2.05) is 76.8 Å². The second-order valence-corrected chi connectivity index (χ2v) is 16.5. The summed E-state index contributed by atoms with van der Waals surface area (Å²) in [5, 5.41) is 26.5. The zero-order valence-corrected chi connectivity index (χ0v) is 33.2. The number of aromatic nitrogens is 3. The minimum absolute atomic E-state index is 0.0179. The molecule has 4 aromatic rings. The molecule has 11 nitrogen and oxygen atoms in total. The van der Waals surface area contributed by atoms with Gasteiger partial charge in [-0.25, -0.2) is 15.0 Å². The molecule has 0 spiro atoms. The maximum Gasteiger partial charge on any atom is 0.246 e. The van der Waals surface area contributed by atoms with E-state index in [-0.39, 0.29) is 47.5 Å². The molecule has 54 heavy (non-hydrogen) atoms. The fourth-order valence-corrected chi connectivity index (χ4v) is 7.66. The number of benzene rings is 2.